The Bertz CT molecular complexity index is 1370. The summed E-state index contributed by atoms with van der Waals surface area (Å²) in [5, 5.41) is 0.784. The minimum absolute atomic E-state index is 0.0248. The smallest absolute Gasteiger partial charge is 0.410 e. The van der Waals surface area contributed by atoms with Gasteiger partial charge < -0.3 is 19.1 Å². The first kappa shape index (κ1) is 27.9. The van der Waals surface area contributed by atoms with Crippen LogP contribution in [0.4, 0.5) is 15.0 Å². The maximum Gasteiger partial charge on any atom is 0.410 e. The Morgan fingerprint density at radius 3 is 2.54 bits per heavy atom. The molecule has 4 aliphatic heterocycles. The molecule has 7 rings (SSSR count). The van der Waals surface area contributed by atoms with Gasteiger partial charge in [-0.05, 0) is 74.9 Å². The first-order chi connectivity index (χ1) is 19.5. The van der Waals surface area contributed by atoms with E-state index in [1.54, 1.807) is 6.07 Å². The number of fused-ring (bicyclic) bond motifs is 5. The average molecular weight is 653 g/mol. The summed E-state index contributed by atoms with van der Waals surface area (Å²) in [6, 6.07) is 2.33. The quantitative estimate of drug-likeness (QED) is 0.384. The molecule has 0 spiro atoms. The van der Waals surface area contributed by atoms with E-state index in [0.29, 0.717) is 43.0 Å². The predicted molar refractivity (Wildman–Crippen MR) is 156 cm³/mol. The van der Waals surface area contributed by atoms with Gasteiger partial charge in [0.05, 0.1) is 40.9 Å². The van der Waals surface area contributed by atoms with E-state index < -0.39 is 11.4 Å². The first-order valence-corrected chi connectivity index (χ1v) is 15.8. The minimum atomic E-state index is -0.564. The van der Waals surface area contributed by atoms with Crippen LogP contribution >= 0.6 is 27.5 Å². The van der Waals surface area contributed by atoms with Crippen molar-refractivity contribution in [3.63, 3.8) is 0 Å². The molecule has 4 saturated heterocycles. The van der Waals surface area contributed by atoms with Crippen LogP contribution in [0.3, 0.4) is 0 Å². The monoisotopic (exact) mass is 651 g/mol. The minimum Gasteiger partial charge on any atom is -0.463 e. The highest BCUT2D eigenvalue weighted by Gasteiger charge is 2.50. The highest BCUT2D eigenvalue weighted by atomic mass is 79.9. The number of morpholine rings is 1. The molecular weight excluding hydrogens is 617 g/mol. The number of anilines is 1. The van der Waals surface area contributed by atoms with Crippen molar-refractivity contribution in [1.29, 1.82) is 0 Å². The van der Waals surface area contributed by atoms with Crippen molar-refractivity contribution >= 4 is 50.3 Å². The molecule has 12 heteroatoms. The lowest BCUT2D eigenvalue weighted by Gasteiger charge is -2.42. The largest absolute Gasteiger partial charge is 0.463 e. The van der Waals surface area contributed by atoms with Crippen LogP contribution in [0.2, 0.25) is 5.02 Å². The van der Waals surface area contributed by atoms with Crippen molar-refractivity contribution in [2.75, 3.05) is 44.3 Å². The SMILES string of the molecule is CC(C)(C)OC(=O)N1C2CCC1CN(c1nc(OCC3(CN4C[C@@H]5C[C@H]4CO5)CC3)nc3c(F)c(Br)c(Cl)cc13)C2. The highest BCUT2D eigenvalue weighted by Crippen LogP contribution is 2.48. The fourth-order valence-corrected chi connectivity index (χ4v) is 7.47. The van der Waals surface area contributed by atoms with Gasteiger partial charge in [-0.3, -0.25) is 9.80 Å². The first-order valence-electron chi connectivity index (χ1n) is 14.6. The van der Waals surface area contributed by atoms with E-state index in [2.05, 4.69) is 30.7 Å². The molecule has 2 unspecified atom stereocenters. The molecule has 0 N–H and O–H groups in total. The molecule has 1 saturated carbocycles. The number of aromatic nitrogens is 2. The highest BCUT2D eigenvalue weighted by molar-refractivity contribution is 9.10. The van der Waals surface area contributed by atoms with Crippen LogP contribution in [0.25, 0.3) is 10.9 Å². The molecule has 2 aromatic rings. The van der Waals surface area contributed by atoms with Crippen molar-refractivity contribution in [1.82, 2.24) is 19.8 Å². The Labute approximate surface area is 252 Å². The van der Waals surface area contributed by atoms with Crippen molar-refractivity contribution in [2.45, 2.75) is 82.7 Å². The zero-order valence-corrected chi connectivity index (χ0v) is 26.0. The fraction of sp³-hybridized carbons (Fsp3) is 0.690. The lowest BCUT2D eigenvalue weighted by Crippen LogP contribution is -2.57. The zero-order chi connectivity index (χ0) is 28.7. The van der Waals surface area contributed by atoms with Gasteiger partial charge in [-0.25, -0.2) is 9.18 Å². The van der Waals surface area contributed by atoms with E-state index in [9.17, 15) is 4.79 Å². The van der Waals surface area contributed by atoms with Gasteiger partial charge in [-0.15, -0.1) is 0 Å². The average Bonchev–Trinajstić information content (AvgIpc) is 3.20. The lowest BCUT2D eigenvalue weighted by atomic mass is 10.1. The van der Waals surface area contributed by atoms with E-state index in [1.165, 1.54) is 0 Å². The van der Waals surface area contributed by atoms with E-state index in [-0.39, 0.29) is 44.6 Å². The van der Waals surface area contributed by atoms with Gasteiger partial charge in [0.1, 0.15) is 16.9 Å². The normalized spacial score (nSPS) is 28.5. The number of carbonyl (C=O) groups is 1. The summed E-state index contributed by atoms with van der Waals surface area (Å²) in [5.74, 6) is 0.0449. The van der Waals surface area contributed by atoms with E-state index in [1.807, 2.05) is 25.7 Å². The molecule has 9 nitrogen and oxygen atoms in total. The molecule has 5 fully saturated rings. The maximum atomic E-state index is 15.5. The number of hydrogen-bond acceptors (Lipinski definition) is 8. The fourth-order valence-electron chi connectivity index (χ4n) is 6.98. The molecule has 41 heavy (non-hydrogen) atoms. The van der Waals surface area contributed by atoms with Crippen molar-refractivity contribution < 1.29 is 23.4 Å². The van der Waals surface area contributed by atoms with Crippen LogP contribution in [-0.2, 0) is 9.47 Å². The second-order valence-electron chi connectivity index (χ2n) is 13.5. The summed E-state index contributed by atoms with van der Waals surface area (Å²) in [4.78, 5) is 28.9. The van der Waals surface area contributed by atoms with Gasteiger partial charge in [-0.1, -0.05) is 11.6 Å². The molecule has 1 aliphatic carbocycles. The molecular formula is C29H36BrClFN5O4. The van der Waals surface area contributed by atoms with E-state index >= 15 is 4.39 Å². The van der Waals surface area contributed by atoms with Gasteiger partial charge in [-0.2, -0.15) is 9.97 Å². The summed E-state index contributed by atoms with van der Waals surface area (Å²) in [7, 11) is 0. The van der Waals surface area contributed by atoms with Gasteiger partial charge in [0.15, 0.2) is 5.82 Å². The van der Waals surface area contributed by atoms with E-state index in [4.69, 9.17) is 30.8 Å². The number of ether oxygens (including phenoxy) is 3. The number of likely N-dealkylation sites (tertiary alicyclic amines) is 1. The van der Waals surface area contributed by atoms with Crippen LogP contribution in [0.5, 0.6) is 6.01 Å². The third-order valence-electron chi connectivity index (χ3n) is 9.19. The third-order valence-corrected chi connectivity index (χ3v) is 10.5. The Morgan fingerprint density at radius 1 is 1.20 bits per heavy atom. The number of hydrogen-bond donors (Lipinski definition) is 0. The van der Waals surface area contributed by atoms with Crippen LogP contribution in [0, 0.1) is 11.2 Å². The van der Waals surface area contributed by atoms with Crippen LogP contribution in [-0.4, -0.2) is 95.1 Å². The Hall–Kier alpha value is -1.95. The van der Waals surface area contributed by atoms with Crippen molar-refractivity contribution in [2.24, 2.45) is 5.41 Å². The molecule has 222 valence electrons. The van der Waals surface area contributed by atoms with Crippen molar-refractivity contribution in [3.8, 4) is 6.01 Å². The zero-order valence-electron chi connectivity index (χ0n) is 23.7. The molecule has 4 bridgehead atoms. The number of benzene rings is 1. The topological polar surface area (TPSA) is 80.3 Å². The summed E-state index contributed by atoms with van der Waals surface area (Å²) in [6.07, 6.45) is 5.13. The Morgan fingerprint density at radius 2 is 1.93 bits per heavy atom. The van der Waals surface area contributed by atoms with Crippen LogP contribution in [0.15, 0.2) is 10.5 Å². The number of nitrogens with zero attached hydrogens (tertiary/aromatic N) is 5. The summed E-state index contributed by atoms with van der Waals surface area (Å²) in [6.45, 7) is 10.0. The maximum absolute atomic E-state index is 15.5. The number of amides is 1. The molecule has 1 aromatic carbocycles. The molecule has 1 amide bonds. The molecule has 5 heterocycles. The number of halogens is 3. The second-order valence-corrected chi connectivity index (χ2v) is 14.7. The second kappa shape index (κ2) is 10.1. The van der Waals surface area contributed by atoms with Crippen LogP contribution in [0.1, 0.15) is 52.9 Å². The third kappa shape index (κ3) is 5.25. The lowest BCUT2D eigenvalue weighted by molar-refractivity contribution is 0.0123. The molecule has 0 radical (unpaired) electrons. The number of carbonyl (C=O) groups excluding carboxylic acids is 1. The molecule has 5 aliphatic rings. The Balaban J connectivity index is 1.15. The number of piperazine rings is 1. The van der Waals surface area contributed by atoms with Crippen LogP contribution < -0.4 is 9.64 Å². The van der Waals surface area contributed by atoms with E-state index in [0.717, 1.165) is 51.8 Å². The molecule has 4 atom stereocenters. The summed E-state index contributed by atoms with van der Waals surface area (Å²) in [5.41, 5.74) is -0.326. The Kier molecular flexibility index (Phi) is 6.84. The summed E-state index contributed by atoms with van der Waals surface area (Å²) < 4.78 is 33.5. The molecule has 1 aromatic heterocycles. The van der Waals surface area contributed by atoms with Gasteiger partial charge in [0.2, 0.25) is 0 Å². The van der Waals surface area contributed by atoms with Gasteiger partial charge in [0.25, 0.3) is 0 Å². The van der Waals surface area contributed by atoms with Gasteiger partial charge >= 0.3 is 12.1 Å². The number of rotatable bonds is 6. The predicted octanol–water partition coefficient (Wildman–Crippen LogP) is 5.41. The summed E-state index contributed by atoms with van der Waals surface area (Å²) >= 11 is 9.67. The van der Waals surface area contributed by atoms with Crippen molar-refractivity contribution in [3.05, 3.63) is 21.4 Å². The van der Waals surface area contributed by atoms with Gasteiger partial charge in [0, 0.05) is 43.0 Å². The standard InChI is InChI=1S/C29H36BrClFN5O4/c1-28(2,3)41-27(38)37-16-4-5-17(37)11-35(10-16)25-20-9-21(31)22(30)23(32)24(20)33-26(34-25)40-15-29(6-7-29)14-36-12-19-8-18(36)13-39-19/h9,16-19H,4-8,10-15H2,1-3H3/t16?,17?,18-,19-/m0/s1.